The Kier molecular flexibility index (Phi) is 5.73. The molecule has 7 rings (SSSR count). The van der Waals surface area contributed by atoms with Gasteiger partial charge >= 0.3 is 0 Å². The second-order valence-corrected chi connectivity index (χ2v) is 12.1. The van der Waals surface area contributed by atoms with E-state index in [2.05, 4.69) is 60.5 Å². The van der Waals surface area contributed by atoms with Gasteiger partial charge < -0.3 is 16.0 Å². The van der Waals surface area contributed by atoms with Crippen molar-refractivity contribution in [3.05, 3.63) is 35.1 Å². The Morgan fingerprint density at radius 2 is 1.95 bits per heavy atom. The molecule has 0 spiro atoms. The van der Waals surface area contributed by atoms with Gasteiger partial charge in [0.2, 0.25) is 11.9 Å². The van der Waals surface area contributed by atoms with Crippen LogP contribution in [0, 0.1) is 25.7 Å². The van der Waals surface area contributed by atoms with Crippen LogP contribution in [0.3, 0.4) is 0 Å². The first kappa shape index (κ1) is 23.8. The van der Waals surface area contributed by atoms with E-state index in [4.69, 9.17) is 10.7 Å². The van der Waals surface area contributed by atoms with Gasteiger partial charge in [-0.25, -0.2) is 15.0 Å². The van der Waals surface area contributed by atoms with E-state index in [1.807, 2.05) is 13.1 Å². The van der Waals surface area contributed by atoms with E-state index in [0.29, 0.717) is 17.8 Å². The van der Waals surface area contributed by atoms with Gasteiger partial charge in [0.05, 0.1) is 22.1 Å². The summed E-state index contributed by atoms with van der Waals surface area (Å²) in [5.41, 5.74) is 10.2. The van der Waals surface area contributed by atoms with Crippen LogP contribution >= 0.6 is 11.3 Å². The lowest BCUT2D eigenvalue weighted by Gasteiger charge is -2.46. The highest BCUT2D eigenvalue weighted by Gasteiger charge is 2.44. The van der Waals surface area contributed by atoms with Crippen LogP contribution in [0.2, 0.25) is 0 Å². The molecule has 38 heavy (non-hydrogen) atoms. The van der Waals surface area contributed by atoms with E-state index in [1.165, 1.54) is 32.0 Å². The third kappa shape index (κ3) is 3.99. The molecule has 4 aromatic rings. The third-order valence-corrected chi connectivity index (χ3v) is 9.84. The molecule has 2 unspecified atom stereocenters. The third-order valence-electron chi connectivity index (χ3n) is 8.76. The number of nitrogens with zero attached hydrogens (tertiary/aromatic N) is 8. The van der Waals surface area contributed by atoms with Crippen molar-refractivity contribution in [3.63, 3.8) is 0 Å². The minimum Gasteiger partial charge on any atom is -0.368 e. The van der Waals surface area contributed by atoms with Gasteiger partial charge in [-0.05, 0) is 74.4 Å². The van der Waals surface area contributed by atoms with Crippen LogP contribution in [0.4, 0.5) is 23.4 Å². The topological polar surface area (TPSA) is 114 Å². The number of anilines is 4. The Hall–Kier alpha value is -3.31. The number of thiophene rings is 1. The first-order chi connectivity index (χ1) is 18.4. The van der Waals surface area contributed by atoms with Crippen LogP contribution in [0.1, 0.15) is 43.7 Å². The predicted molar refractivity (Wildman–Crippen MR) is 151 cm³/mol. The molecule has 198 valence electrons. The fourth-order valence-electron chi connectivity index (χ4n) is 7.01. The molecule has 0 amide bonds. The number of piperazine rings is 1. The lowest BCUT2D eigenvalue weighted by Crippen LogP contribution is -2.56. The summed E-state index contributed by atoms with van der Waals surface area (Å²) >= 11 is 1.58. The van der Waals surface area contributed by atoms with E-state index < -0.39 is 0 Å². The Labute approximate surface area is 226 Å². The van der Waals surface area contributed by atoms with Crippen LogP contribution in [-0.4, -0.2) is 66.3 Å². The fourth-order valence-corrected chi connectivity index (χ4v) is 7.99. The maximum atomic E-state index is 6.23. The number of aromatic nitrogens is 6. The highest BCUT2D eigenvalue weighted by molar-refractivity contribution is 7.17. The largest absolute Gasteiger partial charge is 0.368 e. The molecular weight excluding hydrogens is 496 g/mol. The van der Waals surface area contributed by atoms with E-state index in [9.17, 15) is 0 Å². The summed E-state index contributed by atoms with van der Waals surface area (Å²) < 4.78 is 2.50. The summed E-state index contributed by atoms with van der Waals surface area (Å²) in [7, 11) is 0. The lowest BCUT2D eigenvalue weighted by molar-refractivity contribution is 0.0899. The van der Waals surface area contributed by atoms with Crippen molar-refractivity contribution in [1.82, 2.24) is 34.6 Å². The van der Waals surface area contributed by atoms with Gasteiger partial charge in [-0.15, -0.1) is 16.4 Å². The van der Waals surface area contributed by atoms with Gasteiger partial charge in [0.15, 0.2) is 5.82 Å². The molecule has 2 saturated carbocycles. The maximum absolute atomic E-state index is 6.23. The van der Waals surface area contributed by atoms with Crippen molar-refractivity contribution < 1.29 is 0 Å². The summed E-state index contributed by atoms with van der Waals surface area (Å²) in [5.74, 6) is 4.28. The van der Waals surface area contributed by atoms with Crippen molar-refractivity contribution in [3.8, 4) is 5.82 Å². The summed E-state index contributed by atoms with van der Waals surface area (Å²) in [6, 6.07) is 3.45. The zero-order valence-corrected chi connectivity index (χ0v) is 22.9. The van der Waals surface area contributed by atoms with Gasteiger partial charge in [-0.2, -0.15) is 9.67 Å². The number of pyridine rings is 1. The normalized spacial score (nSPS) is 25.5. The van der Waals surface area contributed by atoms with Crippen LogP contribution in [0.15, 0.2) is 24.0 Å². The number of nitrogen functional groups attached to an aromatic ring is 1. The molecule has 4 aromatic heterocycles. The minimum absolute atomic E-state index is 0.266. The predicted octanol–water partition coefficient (Wildman–Crippen LogP) is 4.31. The summed E-state index contributed by atoms with van der Waals surface area (Å²) in [6.07, 6.45) is 9.17. The average Bonchev–Trinajstić information content (AvgIpc) is 3.69. The number of aryl methyl sites for hydroxylation is 2. The van der Waals surface area contributed by atoms with E-state index in [1.54, 1.807) is 16.0 Å². The SMILES string of the molecule is Cc1cc(Nc2nc(N)n(-c3ncnc4c(C)csc34)n2)cnc1N1CCN([C@H]2CC3CCC2C3)[C@@H](C)C1. The van der Waals surface area contributed by atoms with Crippen molar-refractivity contribution in [2.45, 2.75) is 58.5 Å². The Morgan fingerprint density at radius 3 is 2.71 bits per heavy atom. The summed E-state index contributed by atoms with van der Waals surface area (Å²) in [5, 5.41) is 9.93. The Morgan fingerprint density at radius 1 is 1.05 bits per heavy atom. The van der Waals surface area contributed by atoms with E-state index >= 15 is 0 Å². The minimum atomic E-state index is 0.266. The molecule has 2 aliphatic carbocycles. The molecule has 3 aliphatic rings. The number of hydrogen-bond acceptors (Lipinski definition) is 10. The standard InChI is InChI=1S/C27H34N10S/c1-15-8-20(32-27-33-26(28)37(34-27)25-23-22(30-14-31-25)16(2)13-38-23)11-29-24(15)35-6-7-36(17(3)12-35)21-10-18-4-5-19(21)9-18/h8,11,13-14,17-19,21H,4-7,9-10,12H2,1-3H3,(H3,28,32,33,34)/t17-,18?,19?,21-/m0/s1. The van der Waals surface area contributed by atoms with Crippen LogP contribution < -0.4 is 16.0 Å². The molecule has 10 nitrogen and oxygen atoms in total. The molecular formula is C27H34N10S. The van der Waals surface area contributed by atoms with Crippen molar-refractivity contribution >= 4 is 45.0 Å². The molecule has 5 heterocycles. The number of hydrogen-bond donors (Lipinski definition) is 2. The van der Waals surface area contributed by atoms with E-state index in [-0.39, 0.29) is 5.95 Å². The maximum Gasteiger partial charge on any atom is 0.248 e. The first-order valence-electron chi connectivity index (χ1n) is 13.6. The highest BCUT2D eigenvalue weighted by Crippen LogP contribution is 2.47. The molecule has 4 atom stereocenters. The quantitative estimate of drug-likeness (QED) is 0.390. The van der Waals surface area contributed by atoms with Crippen molar-refractivity contribution in [1.29, 1.82) is 0 Å². The number of nitrogens with two attached hydrogens (primary N) is 1. The van der Waals surface area contributed by atoms with Gasteiger partial charge in [0.1, 0.15) is 12.1 Å². The average molecular weight is 531 g/mol. The van der Waals surface area contributed by atoms with E-state index in [0.717, 1.165) is 70.4 Å². The molecule has 3 N–H and O–H groups in total. The lowest BCUT2D eigenvalue weighted by atomic mass is 9.92. The molecule has 3 fully saturated rings. The highest BCUT2D eigenvalue weighted by atomic mass is 32.1. The van der Waals surface area contributed by atoms with Gasteiger partial charge in [0.25, 0.3) is 0 Å². The number of nitrogens with one attached hydrogen (secondary N) is 1. The zero-order valence-electron chi connectivity index (χ0n) is 22.1. The smallest absolute Gasteiger partial charge is 0.248 e. The van der Waals surface area contributed by atoms with Crippen molar-refractivity contribution in [2.24, 2.45) is 11.8 Å². The number of fused-ring (bicyclic) bond motifs is 3. The van der Waals surface area contributed by atoms with Gasteiger partial charge in [-0.1, -0.05) is 6.42 Å². The molecule has 2 bridgehead atoms. The Balaban J connectivity index is 1.06. The zero-order chi connectivity index (χ0) is 26.0. The van der Waals surface area contributed by atoms with Gasteiger partial charge in [-0.3, -0.25) is 4.90 Å². The van der Waals surface area contributed by atoms with Crippen LogP contribution in [-0.2, 0) is 0 Å². The molecule has 1 saturated heterocycles. The van der Waals surface area contributed by atoms with Crippen LogP contribution in [0.25, 0.3) is 16.0 Å². The summed E-state index contributed by atoms with van der Waals surface area (Å²) in [4.78, 5) is 23.3. The van der Waals surface area contributed by atoms with Crippen LogP contribution in [0.5, 0.6) is 0 Å². The van der Waals surface area contributed by atoms with Crippen molar-refractivity contribution in [2.75, 3.05) is 35.6 Å². The van der Waals surface area contributed by atoms with Gasteiger partial charge in [0, 0.05) is 31.7 Å². The fraction of sp³-hybridized carbons (Fsp3) is 0.519. The summed E-state index contributed by atoms with van der Waals surface area (Å²) in [6.45, 7) is 9.71. The molecule has 1 aliphatic heterocycles. The number of rotatable bonds is 5. The Bertz CT molecular complexity index is 1490. The molecule has 0 radical (unpaired) electrons. The first-order valence-corrected chi connectivity index (χ1v) is 14.5. The monoisotopic (exact) mass is 530 g/mol. The second kappa shape index (κ2) is 9.16. The molecule has 11 heteroatoms. The second-order valence-electron chi connectivity index (χ2n) is 11.3. The molecule has 0 aromatic carbocycles.